The molecule has 0 aliphatic rings. The molecule has 6 heteroatoms. The Bertz CT molecular complexity index is 951. The topological polar surface area (TPSA) is 55.8 Å². The average Bonchev–Trinajstić information content (AvgIpc) is 3.25. The van der Waals surface area contributed by atoms with Crippen molar-refractivity contribution in [3.05, 3.63) is 82.0 Å². The minimum Gasteiger partial charge on any atom is -0.496 e. The van der Waals surface area contributed by atoms with Gasteiger partial charge in [0.05, 0.1) is 13.7 Å². The van der Waals surface area contributed by atoms with E-state index in [1.54, 1.807) is 47.6 Å². The Hall–Kier alpha value is -3.12. The molecular weight excluding hydrogens is 386 g/mol. The first-order chi connectivity index (χ1) is 14.1. The highest BCUT2D eigenvalue weighted by Crippen LogP contribution is 2.22. The average molecular weight is 410 g/mol. The second kappa shape index (κ2) is 9.89. The van der Waals surface area contributed by atoms with Gasteiger partial charge in [0.2, 0.25) is 0 Å². The van der Waals surface area contributed by atoms with Gasteiger partial charge in [-0.1, -0.05) is 24.3 Å². The summed E-state index contributed by atoms with van der Waals surface area (Å²) in [5, 5.41) is 1.99. The number of ether oxygens (including phenoxy) is 2. The molecule has 0 N–H and O–H groups in total. The molecule has 1 aromatic heterocycles. The molecule has 0 aliphatic carbocycles. The lowest BCUT2D eigenvalue weighted by molar-refractivity contribution is -0.134. The van der Waals surface area contributed by atoms with Gasteiger partial charge in [0.1, 0.15) is 11.5 Å². The number of Topliss-reactive ketones (excluding diaryl/α,β-unsaturated/α-hetero) is 1. The van der Waals surface area contributed by atoms with Crippen LogP contribution in [-0.2, 0) is 17.9 Å². The number of ketones is 1. The number of nitrogens with zero attached hydrogens (tertiary/aromatic N) is 1. The molecule has 1 heterocycles. The predicted molar refractivity (Wildman–Crippen MR) is 114 cm³/mol. The number of para-hydroxylation sites is 1. The quantitative estimate of drug-likeness (QED) is 0.486. The summed E-state index contributed by atoms with van der Waals surface area (Å²) in [6.07, 6.45) is 0. The van der Waals surface area contributed by atoms with E-state index in [4.69, 9.17) is 9.47 Å². The molecule has 2 aromatic carbocycles. The highest BCUT2D eigenvalue weighted by atomic mass is 32.1. The van der Waals surface area contributed by atoms with E-state index in [-0.39, 0.29) is 18.3 Å². The van der Waals surface area contributed by atoms with Crippen LogP contribution in [0.3, 0.4) is 0 Å². The van der Waals surface area contributed by atoms with E-state index in [1.165, 1.54) is 6.92 Å². The molecule has 0 spiro atoms. The molecule has 5 nitrogen and oxygen atoms in total. The molecule has 0 aliphatic heterocycles. The first-order valence-corrected chi connectivity index (χ1v) is 10.1. The van der Waals surface area contributed by atoms with Crippen molar-refractivity contribution in [1.29, 1.82) is 0 Å². The summed E-state index contributed by atoms with van der Waals surface area (Å²) < 4.78 is 11.1. The Morgan fingerprint density at radius 1 is 0.966 bits per heavy atom. The molecular formula is C23H23NO4S. The third-order valence-electron chi connectivity index (χ3n) is 4.46. The van der Waals surface area contributed by atoms with E-state index < -0.39 is 0 Å². The normalized spacial score (nSPS) is 10.4. The minimum absolute atomic E-state index is 0.00782. The van der Waals surface area contributed by atoms with Crippen molar-refractivity contribution in [2.45, 2.75) is 20.0 Å². The predicted octanol–water partition coefficient (Wildman–Crippen LogP) is 4.57. The fourth-order valence-corrected chi connectivity index (χ4v) is 3.60. The summed E-state index contributed by atoms with van der Waals surface area (Å²) >= 11 is 1.61. The van der Waals surface area contributed by atoms with Gasteiger partial charge in [0.15, 0.2) is 12.4 Å². The van der Waals surface area contributed by atoms with E-state index in [1.807, 2.05) is 41.8 Å². The van der Waals surface area contributed by atoms with Crippen molar-refractivity contribution in [3.63, 3.8) is 0 Å². The maximum atomic E-state index is 12.9. The highest BCUT2D eigenvalue weighted by Gasteiger charge is 2.18. The Morgan fingerprint density at radius 3 is 2.38 bits per heavy atom. The number of carbonyl (C=O) groups is 2. The Morgan fingerprint density at radius 2 is 1.72 bits per heavy atom. The highest BCUT2D eigenvalue weighted by molar-refractivity contribution is 7.09. The first-order valence-electron chi connectivity index (χ1n) is 9.22. The fraction of sp³-hybridized carbons (Fsp3) is 0.217. The summed E-state index contributed by atoms with van der Waals surface area (Å²) in [4.78, 5) is 27.2. The standard InChI is InChI=1S/C23H23NO4S/c1-17(25)18-9-11-20(12-10-18)28-16-23(26)24(15-21-7-5-13-29-21)14-19-6-3-4-8-22(19)27-2/h3-13H,14-16H2,1-2H3. The zero-order chi connectivity index (χ0) is 20.6. The van der Waals surface area contributed by atoms with Crippen LogP contribution >= 0.6 is 11.3 Å². The monoisotopic (exact) mass is 409 g/mol. The van der Waals surface area contributed by atoms with E-state index >= 15 is 0 Å². The molecule has 1 amide bonds. The summed E-state index contributed by atoms with van der Waals surface area (Å²) in [7, 11) is 1.62. The van der Waals surface area contributed by atoms with Gasteiger partial charge in [-0.2, -0.15) is 0 Å². The number of rotatable bonds is 9. The lowest BCUT2D eigenvalue weighted by Crippen LogP contribution is -2.34. The van der Waals surface area contributed by atoms with Crippen LogP contribution in [0, 0.1) is 0 Å². The molecule has 0 saturated heterocycles. The van der Waals surface area contributed by atoms with Crippen LogP contribution < -0.4 is 9.47 Å². The molecule has 29 heavy (non-hydrogen) atoms. The van der Waals surface area contributed by atoms with E-state index in [0.29, 0.717) is 24.4 Å². The summed E-state index contributed by atoms with van der Waals surface area (Å²) in [5.41, 5.74) is 1.55. The van der Waals surface area contributed by atoms with Crippen molar-refractivity contribution in [2.75, 3.05) is 13.7 Å². The SMILES string of the molecule is COc1ccccc1CN(Cc1cccs1)C(=O)COc1ccc(C(C)=O)cc1. The Kier molecular flexibility index (Phi) is 7.03. The molecule has 0 bridgehead atoms. The van der Waals surface area contributed by atoms with Gasteiger partial charge in [-0.25, -0.2) is 0 Å². The van der Waals surface area contributed by atoms with Crippen LogP contribution in [0.2, 0.25) is 0 Å². The number of thiophene rings is 1. The molecule has 0 saturated carbocycles. The molecule has 150 valence electrons. The third kappa shape index (κ3) is 5.68. The number of amides is 1. The van der Waals surface area contributed by atoms with Gasteiger partial charge < -0.3 is 14.4 Å². The minimum atomic E-state index is -0.125. The summed E-state index contributed by atoms with van der Waals surface area (Å²) in [6, 6.07) is 18.4. The zero-order valence-corrected chi connectivity index (χ0v) is 17.3. The number of carbonyl (C=O) groups excluding carboxylic acids is 2. The van der Waals surface area contributed by atoms with Crippen molar-refractivity contribution in [3.8, 4) is 11.5 Å². The van der Waals surface area contributed by atoms with Crippen LogP contribution in [0.5, 0.6) is 11.5 Å². The van der Waals surface area contributed by atoms with Gasteiger partial charge in [-0.15, -0.1) is 11.3 Å². The number of hydrogen-bond acceptors (Lipinski definition) is 5. The Balaban J connectivity index is 1.70. The molecule has 3 aromatic rings. The van der Waals surface area contributed by atoms with Gasteiger partial charge in [-0.3, -0.25) is 9.59 Å². The van der Waals surface area contributed by atoms with Gasteiger partial charge in [0, 0.05) is 22.5 Å². The van der Waals surface area contributed by atoms with Crippen LogP contribution in [0.15, 0.2) is 66.0 Å². The lowest BCUT2D eigenvalue weighted by atomic mass is 10.1. The molecule has 0 radical (unpaired) electrons. The van der Waals surface area contributed by atoms with Gasteiger partial charge in [0.25, 0.3) is 5.91 Å². The maximum absolute atomic E-state index is 12.9. The number of benzene rings is 2. The number of methoxy groups -OCH3 is 1. The molecule has 0 atom stereocenters. The van der Waals surface area contributed by atoms with Crippen LogP contribution in [0.4, 0.5) is 0 Å². The van der Waals surface area contributed by atoms with Crippen molar-refractivity contribution >= 4 is 23.0 Å². The van der Waals surface area contributed by atoms with Gasteiger partial charge >= 0.3 is 0 Å². The maximum Gasteiger partial charge on any atom is 0.261 e. The second-order valence-corrected chi connectivity index (χ2v) is 7.54. The smallest absolute Gasteiger partial charge is 0.261 e. The van der Waals surface area contributed by atoms with Crippen molar-refractivity contribution in [1.82, 2.24) is 4.90 Å². The van der Waals surface area contributed by atoms with E-state index in [0.717, 1.165) is 16.2 Å². The molecule has 0 unspecified atom stereocenters. The summed E-state index contributed by atoms with van der Waals surface area (Å²) in [6.45, 7) is 2.36. The lowest BCUT2D eigenvalue weighted by Gasteiger charge is -2.23. The van der Waals surface area contributed by atoms with Crippen molar-refractivity contribution in [2.24, 2.45) is 0 Å². The molecule has 0 fully saturated rings. The van der Waals surface area contributed by atoms with Crippen LogP contribution in [0.1, 0.15) is 27.7 Å². The molecule has 3 rings (SSSR count). The Labute approximate surface area is 174 Å². The van der Waals surface area contributed by atoms with Crippen molar-refractivity contribution < 1.29 is 19.1 Å². The van der Waals surface area contributed by atoms with E-state index in [9.17, 15) is 9.59 Å². The van der Waals surface area contributed by atoms with Crippen LogP contribution in [0.25, 0.3) is 0 Å². The van der Waals surface area contributed by atoms with Gasteiger partial charge in [-0.05, 0) is 48.7 Å². The fourth-order valence-electron chi connectivity index (χ4n) is 2.88. The largest absolute Gasteiger partial charge is 0.496 e. The third-order valence-corrected chi connectivity index (χ3v) is 5.32. The zero-order valence-electron chi connectivity index (χ0n) is 16.5. The van der Waals surface area contributed by atoms with E-state index in [2.05, 4.69) is 0 Å². The summed E-state index contributed by atoms with van der Waals surface area (Å²) in [5.74, 6) is 1.17. The van der Waals surface area contributed by atoms with Crippen LogP contribution in [-0.4, -0.2) is 30.3 Å². The first kappa shape index (κ1) is 20.6. The second-order valence-electron chi connectivity index (χ2n) is 6.51. The number of hydrogen-bond donors (Lipinski definition) is 0.